The summed E-state index contributed by atoms with van der Waals surface area (Å²) in [7, 11) is -1.17. The average Bonchev–Trinajstić information content (AvgIpc) is 2.58. The predicted octanol–water partition coefficient (Wildman–Crippen LogP) is 4.95. The Balaban J connectivity index is 0. The molecule has 0 bridgehead atoms. The quantitative estimate of drug-likeness (QED) is 0.240. The van der Waals surface area contributed by atoms with E-state index in [4.69, 9.17) is 0 Å². The molecule has 0 aliphatic rings. The van der Waals surface area contributed by atoms with Crippen molar-refractivity contribution in [3.63, 3.8) is 0 Å². The Kier molecular flexibility index (Phi) is 17.3. The fourth-order valence-electron chi connectivity index (χ4n) is 1.67. The van der Waals surface area contributed by atoms with Crippen LogP contribution in [0.1, 0.15) is 0 Å². The van der Waals surface area contributed by atoms with Gasteiger partial charge < -0.3 is 4.89 Å². The number of benzene rings is 3. The molecule has 124 valence electrons. The summed E-state index contributed by atoms with van der Waals surface area (Å²) in [5.74, 6) is 0. The zero-order valence-electron chi connectivity index (χ0n) is 12.3. The molecule has 0 aliphatic carbocycles. The van der Waals surface area contributed by atoms with Crippen LogP contribution in [0, 0.1) is 0 Å². The molecule has 0 heterocycles. The van der Waals surface area contributed by atoms with Gasteiger partial charge in [0.25, 0.3) is 0 Å². The van der Waals surface area contributed by atoms with Gasteiger partial charge in [0.2, 0.25) is 0 Å². The molecule has 0 fully saturated rings. The normalized spacial score (nSPS) is 8.43. The maximum atomic E-state index is 10.1. The third-order valence-electron chi connectivity index (χ3n) is 2.67. The van der Waals surface area contributed by atoms with Crippen molar-refractivity contribution in [3.05, 3.63) is 97.1 Å². The molecule has 0 spiro atoms. The summed E-state index contributed by atoms with van der Waals surface area (Å²) < 4.78 is 0. The summed E-state index contributed by atoms with van der Waals surface area (Å²) in [4.78, 5) is 10.1. The van der Waals surface area contributed by atoms with Gasteiger partial charge in [0.05, 0.1) is 8.15 Å². The van der Waals surface area contributed by atoms with Crippen LogP contribution in [-0.2, 0) is 19.5 Å². The Morgan fingerprint density at radius 2 is 0.696 bits per heavy atom. The molecule has 5 heteroatoms. The van der Waals surface area contributed by atoms with Gasteiger partial charge in [-0.2, -0.15) is 0 Å². The minimum atomic E-state index is -1.17. The van der Waals surface area contributed by atoms with Crippen molar-refractivity contribution in [2.75, 3.05) is 0 Å². The molecule has 3 rings (SSSR count). The molecule has 0 saturated carbocycles. The summed E-state index contributed by atoms with van der Waals surface area (Å²) in [6, 6.07) is 31.5. The first kappa shape index (κ1) is 25.4. The van der Waals surface area contributed by atoms with Crippen molar-refractivity contribution >= 4 is 66.7 Å². The van der Waals surface area contributed by atoms with Crippen LogP contribution in [0.4, 0.5) is 0 Å². The molecule has 0 amide bonds. The first-order chi connectivity index (χ1) is 9.88. The standard InChI is InChI=1S/C12H11OP.C6H6.2HI.Ru/c13-14(11-7-3-1-4-8-11)12-9-5-2-6-10-12;1-2-4-6-5-3-1;;;/h1-10,13H;1-6H;2*1H;. The van der Waals surface area contributed by atoms with Gasteiger partial charge >= 0.3 is 0 Å². The molecule has 0 aliphatic heterocycles. The Bertz CT molecular complexity index is 531. The Hall–Kier alpha value is 0.133. The van der Waals surface area contributed by atoms with Crippen LogP contribution in [0.2, 0.25) is 0 Å². The van der Waals surface area contributed by atoms with Crippen LogP contribution in [0.5, 0.6) is 0 Å². The molecule has 23 heavy (non-hydrogen) atoms. The summed E-state index contributed by atoms with van der Waals surface area (Å²) in [5, 5.41) is 1.99. The summed E-state index contributed by atoms with van der Waals surface area (Å²) in [6.45, 7) is 0. The fraction of sp³-hybridized carbons (Fsp3) is 0. The van der Waals surface area contributed by atoms with Crippen LogP contribution >= 0.6 is 56.1 Å². The van der Waals surface area contributed by atoms with Crippen LogP contribution in [0.3, 0.4) is 0 Å². The second-order valence-electron chi connectivity index (χ2n) is 4.14. The maximum Gasteiger partial charge on any atom is 0.0877 e. The molecule has 3 aromatic rings. The first-order valence-corrected chi connectivity index (χ1v) is 7.76. The van der Waals surface area contributed by atoms with Crippen LogP contribution in [-0.4, -0.2) is 4.89 Å². The van der Waals surface area contributed by atoms with Gasteiger partial charge in [-0.3, -0.25) is 0 Å². The number of halogens is 2. The van der Waals surface area contributed by atoms with Gasteiger partial charge in [-0.25, -0.2) is 0 Å². The van der Waals surface area contributed by atoms with E-state index in [0.717, 1.165) is 10.6 Å². The molecule has 0 radical (unpaired) electrons. The molecule has 3 aromatic carbocycles. The van der Waals surface area contributed by atoms with Crippen molar-refractivity contribution in [2.24, 2.45) is 0 Å². The summed E-state index contributed by atoms with van der Waals surface area (Å²) >= 11 is 0. The molecule has 0 atom stereocenters. The minimum Gasteiger partial charge on any atom is -0.364 e. The number of rotatable bonds is 2. The van der Waals surface area contributed by atoms with E-state index in [1.54, 1.807) is 0 Å². The van der Waals surface area contributed by atoms with E-state index >= 15 is 0 Å². The van der Waals surface area contributed by atoms with Crippen molar-refractivity contribution < 1.29 is 24.4 Å². The monoisotopic (exact) mass is 638 g/mol. The van der Waals surface area contributed by atoms with E-state index in [2.05, 4.69) is 0 Å². The van der Waals surface area contributed by atoms with E-state index in [9.17, 15) is 4.89 Å². The number of hydrogen-bond acceptors (Lipinski definition) is 1. The second kappa shape index (κ2) is 15.6. The fourth-order valence-corrected chi connectivity index (χ4v) is 2.88. The van der Waals surface area contributed by atoms with Gasteiger partial charge in [0.1, 0.15) is 0 Å². The molecule has 0 saturated heterocycles. The van der Waals surface area contributed by atoms with E-state index in [-0.39, 0.29) is 67.4 Å². The van der Waals surface area contributed by atoms with Gasteiger partial charge in [-0.1, -0.05) is 97.1 Å². The van der Waals surface area contributed by atoms with Gasteiger partial charge in [0.15, 0.2) is 0 Å². The van der Waals surface area contributed by atoms with E-state index in [1.807, 2.05) is 97.1 Å². The first-order valence-electron chi connectivity index (χ1n) is 6.47. The molecular formula is C18H19I2OPRu. The zero-order chi connectivity index (χ0) is 14.0. The van der Waals surface area contributed by atoms with Crippen LogP contribution < -0.4 is 10.6 Å². The third kappa shape index (κ3) is 9.88. The van der Waals surface area contributed by atoms with Gasteiger partial charge in [-0.15, -0.1) is 48.0 Å². The Labute approximate surface area is 186 Å². The van der Waals surface area contributed by atoms with E-state index < -0.39 is 8.15 Å². The summed E-state index contributed by atoms with van der Waals surface area (Å²) in [5.41, 5.74) is 0. The second-order valence-corrected chi connectivity index (χ2v) is 5.79. The Morgan fingerprint density at radius 3 is 0.957 bits per heavy atom. The molecule has 1 nitrogen and oxygen atoms in total. The zero-order valence-corrected chi connectivity index (χ0v) is 19.6. The number of hydrogen-bond donors (Lipinski definition) is 1. The maximum absolute atomic E-state index is 10.1. The average molecular weight is 637 g/mol. The molecule has 0 unspecified atom stereocenters. The largest absolute Gasteiger partial charge is 0.364 e. The summed E-state index contributed by atoms with van der Waals surface area (Å²) in [6.07, 6.45) is 0. The van der Waals surface area contributed by atoms with Gasteiger partial charge in [0, 0.05) is 30.1 Å². The smallest absolute Gasteiger partial charge is 0.0877 e. The van der Waals surface area contributed by atoms with Crippen molar-refractivity contribution in [1.82, 2.24) is 0 Å². The topological polar surface area (TPSA) is 20.2 Å². The van der Waals surface area contributed by atoms with E-state index in [1.165, 1.54) is 0 Å². The Morgan fingerprint density at radius 1 is 0.478 bits per heavy atom. The van der Waals surface area contributed by atoms with Gasteiger partial charge in [-0.05, 0) is 0 Å². The van der Waals surface area contributed by atoms with Crippen LogP contribution in [0.15, 0.2) is 97.1 Å². The minimum absolute atomic E-state index is 0. The third-order valence-corrected chi connectivity index (χ3v) is 4.24. The van der Waals surface area contributed by atoms with Crippen molar-refractivity contribution in [2.45, 2.75) is 0 Å². The molecular weight excluding hydrogens is 618 g/mol. The van der Waals surface area contributed by atoms with E-state index in [0.29, 0.717) is 0 Å². The van der Waals surface area contributed by atoms with Crippen LogP contribution in [0.25, 0.3) is 0 Å². The molecule has 0 aromatic heterocycles. The molecule has 1 N–H and O–H groups in total. The SMILES string of the molecule is I.I.OP(c1ccccc1)c1ccccc1.[Ru].c1ccccc1. The van der Waals surface area contributed by atoms with Crippen molar-refractivity contribution in [3.8, 4) is 0 Å². The van der Waals surface area contributed by atoms with Crippen molar-refractivity contribution in [1.29, 1.82) is 0 Å². The predicted molar refractivity (Wildman–Crippen MR) is 119 cm³/mol.